The van der Waals surface area contributed by atoms with Crippen LogP contribution in [-0.2, 0) is 4.74 Å². The molecule has 2 N–H and O–H groups in total. The lowest BCUT2D eigenvalue weighted by Gasteiger charge is -2.14. The summed E-state index contributed by atoms with van der Waals surface area (Å²) in [5.74, 6) is 1.39. The first-order chi connectivity index (χ1) is 7.72. The van der Waals surface area contributed by atoms with E-state index in [1.807, 2.05) is 25.1 Å². The van der Waals surface area contributed by atoms with E-state index >= 15 is 0 Å². The highest BCUT2D eigenvalue weighted by Crippen LogP contribution is 2.29. The summed E-state index contributed by atoms with van der Waals surface area (Å²) in [4.78, 5) is 0. The molecule has 0 bridgehead atoms. The molecule has 0 aliphatic carbocycles. The summed E-state index contributed by atoms with van der Waals surface area (Å²) in [7, 11) is 3.22. The molecule has 1 aromatic carbocycles. The first-order valence-electron chi connectivity index (χ1n) is 5.28. The van der Waals surface area contributed by atoms with Gasteiger partial charge in [0.05, 0.1) is 26.9 Å². The normalized spacial score (nSPS) is 12.2. The molecule has 0 saturated carbocycles. The third-order valence-corrected chi connectivity index (χ3v) is 2.34. The van der Waals surface area contributed by atoms with E-state index in [0.29, 0.717) is 24.7 Å². The van der Waals surface area contributed by atoms with Gasteiger partial charge in [0.1, 0.15) is 0 Å². The minimum Gasteiger partial charge on any atom is -0.493 e. The van der Waals surface area contributed by atoms with Gasteiger partial charge in [-0.2, -0.15) is 0 Å². The van der Waals surface area contributed by atoms with E-state index < -0.39 is 0 Å². The summed E-state index contributed by atoms with van der Waals surface area (Å²) in [5.41, 5.74) is 6.95. The lowest BCUT2D eigenvalue weighted by atomic mass is 10.1. The molecule has 0 heterocycles. The van der Waals surface area contributed by atoms with Gasteiger partial charge in [0, 0.05) is 6.61 Å². The molecule has 0 fully saturated rings. The highest BCUT2D eigenvalue weighted by Gasteiger charge is 2.10. The van der Waals surface area contributed by atoms with Crippen molar-refractivity contribution in [1.29, 1.82) is 0 Å². The number of rotatable bonds is 6. The van der Waals surface area contributed by atoms with Gasteiger partial charge in [0.2, 0.25) is 0 Å². The highest BCUT2D eigenvalue weighted by atomic mass is 16.5. The molecule has 4 heteroatoms. The van der Waals surface area contributed by atoms with Gasteiger partial charge in [-0.3, -0.25) is 0 Å². The van der Waals surface area contributed by atoms with Crippen molar-refractivity contribution >= 4 is 0 Å². The molecule has 4 nitrogen and oxygen atoms in total. The summed E-state index contributed by atoms with van der Waals surface area (Å²) >= 11 is 0. The number of nitrogens with two attached hydrogens (primary N) is 1. The average molecular weight is 225 g/mol. The summed E-state index contributed by atoms with van der Waals surface area (Å²) in [5, 5.41) is 0. The van der Waals surface area contributed by atoms with E-state index in [9.17, 15) is 0 Å². The van der Waals surface area contributed by atoms with Crippen molar-refractivity contribution in [1.82, 2.24) is 0 Å². The van der Waals surface area contributed by atoms with Crippen molar-refractivity contribution in [3.05, 3.63) is 23.8 Å². The smallest absolute Gasteiger partial charge is 0.161 e. The molecule has 1 atom stereocenters. The van der Waals surface area contributed by atoms with Crippen molar-refractivity contribution in [2.45, 2.75) is 13.0 Å². The first kappa shape index (κ1) is 12.8. The van der Waals surface area contributed by atoms with Crippen LogP contribution < -0.4 is 15.2 Å². The molecule has 90 valence electrons. The zero-order chi connectivity index (χ0) is 12.0. The third kappa shape index (κ3) is 3.12. The topological polar surface area (TPSA) is 53.7 Å². The maximum Gasteiger partial charge on any atom is 0.161 e. The predicted molar refractivity (Wildman–Crippen MR) is 63.0 cm³/mol. The standard InChI is InChI=1S/C12H19NO3/c1-4-16-8-10(13)9-5-6-11(14-2)12(7-9)15-3/h5-7,10H,4,8,13H2,1-3H3. The Labute approximate surface area is 96.3 Å². The van der Waals surface area contributed by atoms with Gasteiger partial charge in [-0.25, -0.2) is 0 Å². The van der Waals surface area contributed by atoms with Gasteiger partial charge in [0.25, 0.3) is 0 Å². The summed E-state index contributed by atoms with van der Waals surface area (Å²) < 4.78 is 15.6. The maximum atomic E-state index is 5.97. The van der Waals surface area contributed by atoms with Crippen molar-refractivity contribution in [2.24, 2.45) is 5.73 Å². The van der Waals surface area contributed by atoms with E-state index in [0.717, 1.165) is 5.56 Å². The molecule has 0 saturated heterocycles. The predicted octanol–water partition coefficient (Wildman–Crippen LogP) is 1.74. The van der Waals surface area contributed by atoms with Crippen LogP contribution in [0.5, 0.6) is 11.5 Å². The van der Waals surface area contributed by atoms with Crippen LogP contribution in [0.15, 0.2) is 18.2 Å². The molecule has 0 amide bonds. The Hall–Kier alpha value is -1.26. The minimum atomic E-state index is -0.139. The molecular weight excluding hydrogens is 206 g/mol. The molecule has 0 radical (unpaired) electrons. The minimum absolute atomic E-state index is 0.139. The lowest BCUT2D eigenvalue weighted by Crippen LogP contribution is -2.17. The maximum absolute atomic E-state index is 5.97. The van der Waals surface area contributed by atoms with Crippen LogP contribution in [0.3, 0.4) is 0 Å². The van der Waals surface area contributed by atoms with E-state index in [2.05, 4.69) is 0 Å². The van der Waals surface area contributed by atoms with Crippen LogP contribution in [0.2, 0.25) is 0 Å². The number of methoxy groups -OCH3 is 2. The van der Waals surface area contributed by atoms with E-state index in [1.54, 1.807) is 14.2 Å². The van der Waals surface area contributed by atoms with Crippen LogP contribution in [-0.4, -0.2) is 27.4 Å². The Kier molecular flexibility index (Phi) is 5.08. The van der Waals surface area contributed by atoms with Crippen molar-refractivity contribution in [2.75, 3.05) is 27.4 Å². The van der Waals surface area contributed by atoms with E-state index in [4.69, 9.17) is 19.9 Å². The van der Waals surface area contributed by atoms with Crippen molar-refractivity contribution < 1.29 is 14.2 Å². The average Bonchev–Trinajstić information content (AvgIpc) is 2.34. The Morgan fingerprint density at radius 3 is 2.44 bits per heavy atom. The van der Waals surface area contributed by atoms with E-state index in [1.165, 1.54) is 0 Å². The van der Waals surface area contributed by atoms with Gasteiger partial charge in [-0.15, -0.1) is 0 Å². The van der Waals surface area contributed by atoms with Crippen LogP contribution in [0.4, 0.5) is 0 Å². The molecule has 1 aromatic rings. The Morgan fingerprint density at radius 2 is 1.88 bits per heavy atom. The Morgan fingerprint density at radius 1 is 1.19 bits per heavy atom. The fourth-order valence-corrected chi connectivity index (χ4v) is 1.42. The summed E-state index contributed by atoms with van der Waals surface area (Å²) in [6, 6.07) is 5.51. The van der Waals surface area contributed by atoms with Crippen LogP contribution in [0.25, 0.3) is 0 Å². The third-order valence-electron chi connectivity index (χ3n) is 2.34. The SMILES string of the molecule is CCOCC(N)c1ccc(OC)c(OC)c1. The van der Waals surface area contributed by atoms with Crippen molar-refractivity contribution in [3.63, 3.8) is 0 Å². The molecular formula is C12H19NO3. The Balaban J connectivity index is 2.81. The summed E-state index contributed by atoms with van der Waals surface area (Å²) in [6.07, 6.45) is 0. The second kappa shape index (κ2) is 6.35. The largest absolute Gasteiger partial charge is 0.493 e. The van der Waals surface area contributed by atoms with Gasteiger partial charge in [0.15, 0.2) is 11.5 Å². The van der Waals surface area contributed by atoms with Gasteiger partial charge in [-0.1, -0.05) is 6.07 Å². The molecule has 0 aliphatic rings. The number of hydrogen-bond donors (Lipinski definition) is 1. The van der Waals surface area contributed by atoms with E-state index in [-0.39, 0.29) is 6.04 Å². The summed E-state index contributed by atoms with van der Waals surface area (Å²) in [6.45, 7) is 3.12. The second-order valence-corrected chi connectivity index (χ2v) is 3.38. The molecule has 0 aliphatic heterocycles. The molecule has 16 heavy (non-hydrogen) atoms. The zero-order valence-electron chi connectivity index (χ0n) is 10.0. The van der Waals surface area contributed by atoms with Crippen molar-refractivity contribution in [3.8, 4) is 11.5 Å². The first-order valence-corrected chi connectivity index (χ1v) is 5.28. The van der Waals surface area contributed by atoms with Crippen LogP contribution in [0.1, 0.15) is 18.5 Å². The van der Waals surface area contributed by atoms with Gasteiger partial charge >= 0.3 is 0 Å². The highest BCUT2D eigenvalue weighted by molar-refractivity contribution is 5.43. The molecule has 1 unspecified atom stereocenters. The van der Waals surface area contributed by atoms with Gasteiger partial charge < -0.3 is 19.9 Å². The van der Waals surface area contributed by atoms with Gasteiger partial charge in [-0.05, 0) is 24.6 Å². The van der Waals surface area contributed by atoms with Crippen LogP contribution in [0, 0.1) is 0 Å². The fourth-order valence-electron chi connectivity index (χ4n) is 1.42. The zero-order valence-corrected chi connectivity index (χ0v) is 10.0. The lowest BCUT2D eigenvalue weighted by molar-refractivity contribution is 0.133. The number of hydrogen-bond acceptors (Lipinski definition) is 4. The Bertz CT molecular complexity index is 328. The quantitative estimate of drug-likeness (QED) is 0.801. The second-order valence-electron chi connectivity index (χ2n) is 3.38. The fraction of sp³-hybridized carbons (Fsp3) is 0.500. The monoisotopic (exact) mass is 225 g/mol. The number of ether oxygens (including phenoxy) is 3. The van der Waals surface area contributed by atoms with Crippen LogP contribution >= 0.6 is 0 Å². The molecule has 0 aromatic heterocycles. The molecule has 0 spiro atoms. The number of benzene rings is 1. The molecule has 1 rings (SSSR count).